The quantitative estimate of drug-likeness (QED) is 0.238. The molecule has 0 saturated carbocycles. The number of benzene rings is 3. The number of carbonyl (C=O) groups excluding carboxylic acids is 2. The van der Waals surface area contributed by atoms with Crippen LogP contribution in [0.5, 0.6) is 0 Å². The van der Waals surface area contributed by atoms with Crippen LogP contribution in [0.1, 0.15) is 83.0 Å². The molecule has 1 heterocycles. The van der Waals surface area contributed by atoms with Crippen LogP contribution in [0.15, 0.2) is 60.7 Å². The van der Waals surface area contributed by atoms with E-state index in [1.807, 2.05) is 37.8 Å². The minimum absolute atomic E-state index is 0. The zero-order valence-electron chi connectivity index (χ0n) is 25.9. The molecule has 2 amide bonds. The molecule has 3 N–H and O–H groups in total. The summed E-state index contributed by atoms with van der Waals surface area (Å²) < 4.78 is 28.0. The van der Waals surface area contributed by atoms with E-state index in [2.05, 4.69) is 29.7 Å². The Morgan fingerprint density at radius 1 is 0.932 bits per heavy atom. The van der Waals surface area contributed by atoms with Crippen molar-refractivity contribution in [2.75, 3.05) is 6.54 Å². The molecule has 0 aliphatic carbocycles. The fraction of sp³-hybridized carbons (Fsp3) is 0.429. The third kappa shape index (κ3) is 9.34. The number of likely N-dealkylation sites (tertiary alicyclic amines) is 1. The van der Waals surface area contributed by atoms with E-state index >= 15 is 0 Å². The minimum Gasteiger partial charge on any atom is -0.390 e. The van der Waals surface area contributed by atoms with Crippen LogP contribution in [0.4, 0.5) is 8.78 Å². The van der Waals surface area contributed by atoms with Gasteiger partial charge in [-0.1, -0.05) is 31.2 Å². The van der Waals surface area contributed by atoms with Gasteiger partial charge in [-0.3, -0.25) is 9.59 Å². The van der Waals surface area contributed by atoms with E-state index in [1.54, 1.807) is 18.2 Å². The maximum absolute atomic E-state index is 14.0. The molecule has 4 atom stereocenters. The maximum atomic E-state index is 14.0. The first-order valence-electron chi connectivity index (χ1n) is 15.2. The van der Waals surface area contributed by atoms with Crippen LogP contribution in [0.25, 0.3) is 0 Å². The molecule has 3 aromatic carbocycles. The lowest BCUT2D eigenvalue weighted by atomic mass is 9.95. The van der Waals surface area contributed by atoms with Gasteiger partial charge in [0.1, 0.15) is 11.6 Å². The number of hydrogen-bond donors (Lipinski definition) is 3. The number of aliphatic hydroxyl groups excluding tert-OH is 1. The number of hydrogen-bond acceptors (Lipinski definition) is 4. The Balaban J connectivity index is 0.00000529. The van der Waals surface area contributed by atoms with Gasteiger partial charge < -0.3 is 20.6 Å². The molecule has 9 heteroatoms. The summed E-state index contributed by atoms with van der Waals surface area (Å²) in [5.41, 5.74) is 4.06. The van der Waals surface area contributed by atoms with Crippen LogP contribution >= 0.6 is 12.4 Å². The molecule has 0 spiro atoms. The Morgan fingerprint density at radius 2 is 1.57 bits per heavy atom. The van der Waals surface area contributed by atoms with Crippen molar-refractivity contribution >= 4 is 24.2 Å². The number of nitrogens with zero attached hydrogens (tertiary/aromatic N) is 1. The molecule has 1 aliphatic rings. The molecule has 44 heavy (non-hydrogen) atoms. The van der Waals surface area contributed by atoms with Gasteiger partial charge in [0.25, 0.3) is 11.8 Å². The molecular weight excluding hydrogens is 584 g/mol. The van der Waals surface area contributed by atoms with Gasteiger partial charge in [0.15, 0.2) is 0 Å². The molecule has 0 aromatic heterocycles. The summed E-state index contributed by atoms with van der Waals surface area (Å²) >= 11 is 0. The van der Waals surface area contributed by atoms with E-state index in [0.717, 1.165) is 42.9 Å². The monoisotopic (exact) mass is 627 g/mol. The van der Waals surface area contributed by atoms with Crippen molar-refractivity contribution in [3.8, 4) is 0 Å². The van der Waals surface area contributed by atoms with E-state index in [0.29, 0.717) is 17.7 Å². The first-order valence-corrected chi connectivity index (χ1v) is 15.2. The highest BCUT2D eigenvalue weighted by molar-refractivity contribution is 6.00. The van der Waals surface area contributed by atoms with Crippen molar-refractivity contribution in [3.63, 3.8) is 0 Å². The standard InChI is InChI=1S/C35H43F2N3O3.ClH/c1-5-25-10-7-11-26(14-25)20-38-21-33(41)32(17-27-15-30(36)19-31(37)16-27)39-34(42)28-12-22(2)13-29(18-28)35(43)40-23(3)8-6-9-24(40)4;/h7,10-16,18-19,23-24,32-33,38,41H,5-6,8-9,17,20-21H2,1-4H3,(H,39,42);1H/t23?,24?,32-,33-;/m0./s1. The molecule has 6 nitrogen and oxygen atoms in total. The number of piperidine rings is 1. The van der Waals surface area contributed by atoms with Gasteiger partial charge >= 0.3 is 0 Å². The number of carbonyl (C=O) groups is 2. The lowest BCUT2D eigenvalue weighted by Gasteiger charge is -2.39. The average molecular weight is 628 g/mol. The van der Waals surface area contributed by atoms with Gasteiger partial charge in [-0.2, -0.15) is 0 Å². The van der Waals surface area contributed by atoms with Gasteiger partial charge in [0.2, 0.25) is 0 Å². The predicted molar refractivity (Wildman–Crippen MR) is 172 cm³/mol. The van der Waals surface area contributed by atoms with Crippen molar-refractivity contribution in [3.05, 3.63) is 106 Å². The van der Waals surface area contributed by atoms with Crippen molar-refractivity contribution in [1.29, 1.82) is 0 Å². The van der Waals surface area contributed by atoms with Crippen LogP contribution < -0.4 is 10.6 Å². The molecule has 238 valence electrons. The smallest absolute Gasteiger partial charge is 0.254 e. The highest BCUT2D eigenvalue weighted by Gasteiger charge is 2.30. The SMILES string of the molecule is CCc1cccc(CNC[C@H](O)[C@H](Cc2cc(F)cc(F)c2)NC(=O)c2cc(C)cc(C(=O)N3C(C)CCCC3C)c2)c1.Cl. The topological polar surface area (TPSA) is 81.7 Å². The van der Waals surface area contributed by atoms with E-state index in [-0.39, 0.29) is 48.9 Å². The van der Waals surface area contributed by atoms with Gasteiger partial charge in [0, 0.05) is 42.4 Å². The van der Waals surface area contributed by atoms with Gasteiger partial charge in [0.05, 0.1) is 12.1 Å². The van der Waals surface area contributed by atoms with Crippen LogP contribution in [0.2, 0.25) is 0 Å². The maximum Gasteiger partial charge on any atom is 0.254 e. The van der Waals surface area contributed by atoms with E-state index in [1.165, 1.54) is 17.7 Å². The molecule has 4 rings (SSSR count). The van der Waals surface area contributed by atoms with Gasteiger partial charge in [-0.25, -0.2) is 8.78 Å². The van der Waals surface area contributed by atoms with Crippen molar-refractivity contribution in [2.45, 2.75) is 90.6 Å². The summed E-state index contributed by atoms with van der Waals surface area (Å²) in [7, 11) is 0. The van der Waals surface area contributed by atoms with E-state index in [9.17, 15) is 23.5 Å². The molecule has 3 aromatic rings. The summed E-state index contributed by atoms with van der Waals surface area (Å²) in [4.78, 5) is 29.0. The molecular formula is C35H44ClF2N3O3. The zero-order chi connectivity index (χ0) is 31.1. The normalized spacial score (nSPS) is 17.8. The molecule has 2 unspecified atom stereocenters. The van der Waals surface area contributed by atoms with Crippen LogP contribution in [0, 0.1) is 18.6 Å². The average Bonchev–Trinajstić information content (AvgIpc) is 2.95. The number of amides is 2. The first kappa shape index (κ1) is 35.2. The highest BCUT2D eigenvalue weighted by atomic mass is 35.5. The summed E-state index contributed by atoms with van der Waals surface area (Å²) in [6.07, 6.45) is 2.81. The number of rotatable bonds is 11. The lowest BCUT2D eigenvalue weighted by Crippen LogP contribution is -2.49. The first-order chi connectivity index (χ1) is 20.5. The van der Waals surface area contributed by atoms with Crippen molar-refractivity contribution in [1.82, 2.24) is 15.5 Å². The lowest BCUT2D eigenvalue weighted by molar-refractivity contribution is 0.0510. The van der Waals surface area contributed by atoms with Crippen molar-refractivity contribution < 1.29 is 23.5 Å². The Morgan fingerprint density at radius 3 is 2.23 bits per heavy atom. The third-order valence-corrected chi connectivity index (χ3v) is 8.26. The van der Waals surface area contributed by atoms with Gasteiger partial charge in [-0.05, 0) is 105 Å². The molecule has 1 aliphatic heterocycles. The van der Waals surface area contributed by atoms with Crippen LogP contribution in [-0.2, 0) is 19.4 Å². The Kier molecular flexibility index (Phi) is 12.9. The van der Waals surface area contributed by atoms with Gasteiger partial charge in [-0.15, -0.1) is 12.4 Å². The van der Waals surface area contributed by atoms with E-state index in [4.69, 9.17) is 0 Å². The Hall–Kier alpha value is -3.33. The largest absolute Gasteiger partial charge is 0.390 e. The Labute approximate surface area is 265 Å². The highest BCUT2D eigenvalue weighted by Crippen LogP contribution is 2.25. The molecule has 1 fully saturated rings. The van der Waals surface area contributed by atoms with Crippen molar-refractivity contribution in [2.24, 2.45) is 0 Å². The summed E-state index contributed by atoms with van der Waals surface area (Å²) in [5, 5.41) is 17.3. The molecule has 0 bridgehead atoms. The minimum atomic E-state index is -1.06. The fourth-order valence-electron chi connectivity index (χ4n) is 5.99. The molecule has 1 saturated heterocycles. The summed E-state index contributed by atoms with van der Waals surface area (Å²) in [6.45, 7) is 8.66. The second-order valence-corrected chi connectivity index (χ2v) is 11.9. The van der Waals surface area contributed by atoms with E-state index < -0.39 is 29.7 Å². The third-order valence-electron chi connectivity index (χ3n) is 8.26. The second-order valence-electron chi connectivity index (χ2n) is 11.9. The van der Waals surface area contributed by atoms with Crippen LogP contribution in [-0.4, -0.2) is 52.6 Å². The number of nitrogens with one attached hydrogen (secondary N) is 2. The molecule has 0 radical (unpaired) electrons. The predicted octanol–water partition coefficient (Wildman–Crippen LogP) is 6.15. The Bertz CT molecular complexity index is 1410. The number of aryl methyl sites for hydroxylation is 2. The van der Waals surface area contributed by atoms with Crippen LogP contribution in [0.3, 0.4) is 0 Å². The number of halogens is 3. The fourth-order valence-corrected chi connectivity index (χ4v) is 5.99. The summed E-state index contributed by atoms with van der Waals surface area (Å²) in [5.74, 6) is -2.05. The summed E-state index contributed by atoms with van der Waals surface area (Å²) in [6, 6.07) is 15.7. The number of aliphatic hydroxyl groups is 1. The zero-order valence-corrected chi connectivity index (χ0v) is 26.7. The second kappa shape index (κ2) is 16.1.